The molecule has 0 radical (unpaired) electrons. The van der Waals surface area contributed by atoms with Crippen molar-refractivity contribution in [2.45, 2.75) is 0 Å². The van der Waals surface area contributed by atoms with E-state index in [0.29, 0.717) is 0 Å². The average molecular weight is 178 g/mol. The molecule has 2 rings (SSSR count). The van der Waals surface area contributed by atoms with Crippen LogP contribution in [0.25, 0.3) is 0 Å². The standard InChI is InChI=1S/C5H5NO.C4H5NO/c7-6-4-2-1-3-5-6;6-4-2-1-3-5-4/h1-5H;1-3,5-6H. The van der Waals surface area contributed by atoms with Gasteiger partial charge in [0.1, 0.15) is 0 Å². The van der Waals surface area contributed by atoms with Gasteiger partial charge < -0.3 is 15.3 Å². The van der Waals surface area contributed by atoms with E-state index >= 15 is 0 Å². The third-order valence-electron chi connectivity index (χ3n) is 1.27. The molecule has 0 atom stereocenters. The Balaban J connectivity index is 0.000000132. The van der Waals surface area contributed by atoms with Crippen molar-refractivity contribution in [2.75, 3.05) is 0 Å². The molecule has 0 aliphatic heterocycles. The van der Waals surface area contributed by atoms with Crippen LogP contribution in [0.15, 0.2) is 48.9 Å². The van der Waals surface area contributed by atoms with Gasteiger partial charge in [0.2, 0.25) is 0 Å². The van der Waals surface area contributed by atoms with Crippen LogP contribution in [0.2, 0.25) is 0 Å². The quantitative estimate of drug-likeness (QED) is 0.467. The molecule has 0 bridgehead atoms. The molecule has 68 valence electrons. The second kappa shape index (κ2) is 4.82. The first-order valence-corrected chi connectivity index (χ1v) is 3.75. The fourth-order valence-electron chi connectivity index (χ4n) is 0.704. The zero-order valence-electron chi connectivity index (χ0n) is 6.92. The molecule has 2 aromatic heterocycles. The van der Waals surface area contributed by atoms with Gasteiger partial charge >= 0.3 is 0 Å². The van der Waals surface area contributed by atoms with Gasteiger partial charge in [0.15, 0.2) is 18.3 Å². The van der Waals surface area contributed by atoms with Gasteiger partial charge in [-0.15, -0.1) is 0 Å². The number of hydrogen-bond acceptors (Lipinski definition) is 2. The Morgan fingerprint density at radius 2 is 1.85 bits per heavy atom. The van der Waals surface area contributed by atoms with Gasteiger partial charge in [0.25, 0.3) is 0 Å². The third-order valence-corrected chi connectivity index (χ3v) is 1.27. The zero-order chi connectivity index (χ0) is 9.52. The molecule has 4 heteroatoms. The van der Waals surface area contributed by atoms with Crippen LogP contribution >= 0.6 is 0 Å². The number of H-pyrrole nitrogens is 1. The molecule has 0 aliphatic carbocycles. The molecule has 0 aromatic carbocycles. The van der Waals surface area contributed by atoms with Crippen molar-refractivity contribution >= 4 is 0 Å². The molecule has 2 aromatic rings. The minimum atomic E-state index is 0.218. The molecule has 0 fully saturated rings. The molecule has 0 saturated heterocycles. The molecular formula is C9H10N2O2. The van der Waals surface area contributed by atoms with E-state index in [-0.39, 0.29) is 5.88 Å². The number of nitrogens with one attached hydrogen (secondary N) is 1. The number of aromatic amines is 1. The number of aromatic hydroxyl groups is 1. The van der Waals surface area contributed by atoms with Gasteiger partial charge in [-0.05, 0) is 12.1 Å². The Labute approximate surface area is 75.7 Å². The SMILES string of the molecule is Oc1ccc[nH]1.[O-][n+]1ccccc1. The zero-order valence-corrected chi connectivity index (χ0v) is 6.92. The maximum absolute atomic E-state index is 10.2. The van der Waals surface area contributed by atoms with Crippen LogP contribution in [0.4, 0.5) is 0 Å². The van der Waals surface area contributed by atoms with Crippen LogP contribution in [0, 0.1) is 5.21 Å². The third kappa shape index (κ3) is 3.81. The number of aromatic nitrogens is 2. The van der Waals surface area contributed by atoms with Gasteiger partial charge in [-0.25, -0.2) is 0 Å². The molecule has 0 amide bonds. The summed E-state index contributed by atoms with van der Waals surface area (Å²) in [6.07, 6.45) is 4.55. The summed E-state index contributed by atoms with van der Waals surface area (Å²) in [5, 5.41) is 18.6. The van der Waals surface area contributed by atoms with Gasteiger partial charge in [-0.2, -0.15) is 4.73 Å². The molecule has 13 heavy (non-hydrogen) atoms. The number of pyridine rings is 1. The topological polar surface area (TPSA) is 63.0 Å². The van der Waals surface area contributed by atoms with Crippen molar-refractivity contribution in [3.63, 3.8) is 0 Å². The van der Waals surface area contributed by atoms with Crippen LogP contribution in [0.5, 0.6) is 5.88 Å². The predicted octanol–water partition coefficient (Wildman–Crippen LogP) is 1.04. The molecule has 0 spiro atoms. The smallest absolute Gasteiger partial charge is 0.188 e. The summed E-state index contributed by atoms with van der Waals surface area (Å²) in [5.74, 6) is 0.218. The lowest BCUT2D eigenvalue weighted by Crippen LogP contribution is -2.22. The lowest BCUT2D eigenvalue weighted by Gasteiger charge is -1.88. The van der Waals surface area contributed by atoms with Crippen molar-refractivity contribution < 1.29 is 9.84 Å². The van der Waals surface area contributed by atoms with E-state index in [4.69, 9.17) is 5.11 Å². The Kier molecular flexibility index (Phi) is 3.38. The van der Waals surface area contributed by atoms with Gasteiger partial charge in [0, 0.05) is 18.3 Å². The molecule has 0 aliphatic rings. The molecule has 0 unspecified atom stereocenters. The van der Waals surface area contributed by atoms with Crippen LogP contribution < -0.4 is 4.73 Å². The van der Waals surface area contributed by atoms with Crippen LogP contribution in [0.1, 0.15) is 0 Å². The van der Waals surface area contributed by atoms with E-state index in [9.17, 15) is 5.21 Å². The Bertz CT molecular complexity index is 319. The molecule has 2 N–H and O–H groups in total. The van der Waals surface area contributed by atoms with Gasteiger partial charge in [-0.3, -0.25) is 0 Å². The van der Waals surface area contributed by atoms with Crippen LogP contribution in [0.3, 0.4) is 0 Å². The summed E-state index contributed by atoms with van der Waals surface area (Å²) in [7, 11) is 0. The van der Waals surface area contributed by atoms with Gasteiger partial charge in [0.05, 0.1) is 0 Å². The first kappa shape index (κ1) is 9.12. The summed E-state index contributed by atoms with van der Waals surface area (Å²) in [6, 6.07) is 8.49. The maximum Gasteiger partial charge on any atom is 0.188 e. The summed E-state index contributed by atoms with van der Waals surface area (Å²) in [6.45, 7) is 0. The van der Waals surface area contributed by atoms with Gasteiger partial charge in [-0.1, -0.05) is 6.07 Å². The van der Waals surface area contributed by atoms with Crippen molar-refractivity contribution in [2.24, 2.45) is 0 Å². The highest BCUT2D eigenvalue weighted by molar-refractivity contribution is 5.06. The molecule has 4 nitrogen and oxygen atoms in total. The summed E-state index contributed by atoms with van der Waals surface area (Å²) >= 11 is 0. The van der Waals surface area contributed by atoms with E-state index in [1.165, 1.54) is 12.4 Å². The van der Waals surface area contributed by atoms with E-state index in [2.05, 4.69) is 4.98 Å². The highest BCUT2D eigenvalue weighted by Gasteiger charge is 1.75. The Morgan fingerprint density at radius 3 is 2.08 bits per heavy atom. The highest BCUT2D eigenvalue weighted by atomic mass is 16.5. The first-order valence-electron chi connectivity index (χ1n) is 3.75. The van der Waals surface area contributed by atoms with Crippen molar-refractivity contribution in [1.82, 2.24) is 4.98 Å². The fourth-order valence-corrected chi connectivity index (χ4v) is 0.704. The van der Waals surface area contributed by atoms with Crippen molar-refractivity contribution in [3.05, 3.63) is 54.1 Å². The Hall–Kier alpha value is -1.97. The number of rotatable bonds is 0. The van der Waals surface area contributed by atoms with Crippen LogP contribution in [-0.4, -0.2) is 10.1 Å². The summed E-state index contributed by atoms with van der Waals surface area (Å²) in [4.78, 5) is 2.56. The fraction of sp³-hybridized carbons (Fsp3) is 0. The normalized spacial score (nSPS) is 8.62. The second-order valence-electron chi connectivity index (χ2n) is 2.29. The van der Waals surface area contributed by atoms with Crippen LogP contribution in [-0.2, 0) is 0 Å². The monoisotopic (exact) mass is 178 g/mol. The highest BCUT2D eigenvalue weighted by Crippen LogP contribution is 1.97. The van der Waals surface area contributed by atoms with E-state index < -0.39 is 0 Å². The minimum absolute atomic E-state index is 0.218. The lowest BCUT2D eigenvalue weighted by atomic mass is 10.5. The molecular weight excluding hydrogens is 168 g/mol. The van der Waals surface area contributed by atoms with E-state index in [1.54, 1.807) is 36.5 Å². The predicted molar refractivity (Wildman–Crippen MR) is 47.9 cm³/mol. The first-order chi connectivity index (χ1) is 6.29. The molecule has 0 saturated carbocycles. The lowest BCUT2D eigenvalue weighted by molar-refractivity contribution is -0.605. The van der Waals surface area contributed by atoms with E-state index in [0.717, 1.165) is 4.73 Å². The maximum atomic E-state index is 10.2. The average Bonchev–Trinajstić information content (AvgIpc) is 2.58. The minimum Gasteiger partial charge on any atom is -0.619 e. The Morgan fingerprint density at radius 1 is 1.15 bits per heavy atom. The number of nitrogens with zero attached hydrogens (tertiary/aromatic N) is 1. The van der Waals surface area contributed by atoms with Crippen molar-refractivity contribution in [3.8, 4) is 5.88 Å². The molecule has 2 heterocycles. The largest absolute Gasteiger partial charge is 0.619 e. The van der Waals surface area contributed by atoms with Crippen molar-refractivity contribution in [1.29, 1.82) is 0 Å². The van der Waals surface area contributed by atoms with E-state index in [1.807, 2.05) is 0 Å². The summed E-state index contributed by atoms with van der Waals surface area (Å²) < 4.78 is 0.750. The summed E-state index contributed by atoms with van der Waals surface area (Å²) in [5.41, 5.74) is 0. The second-order valence-corrected chi connectivity index (χ2v) is 2.29. The number of hydrogen-bond donors (Lipinski definition) is 2.